The summed E-state index contributed by atoms with van der Waals surface area (Å²) in [6, 6.07) is 11.1. The molecule has 3 heterocycles. The normalized spacial score (nSPS) is 16.6. The minimum absolute atomic E-state index is 0.0228. The lowest BCUT2D eigenvalue weighted by Crippen LogP contribution is -2.30. The van der Waals surface area contributed by atoms with Gasteiger partial charge in [-0.1, -0.05) is 17.3 Å². The molecule has 3 aromatic rings. The van der Waals surface area contributed by atoms with Crippen LogP contribution in [0.2, 0.25) is 0 Å². The molecule has 1 saturated heterocycles. The summed E-state index contributed by atoms with van der Waals surface area (Å²) in [5, 5.41) is 5.97. The number of benzene rings is 1. The molecule has 0 radical (unpaired) electrons. The molecule has 1 aromatic carbocycles. The summed E-state index contributed by atoms with van der Waals surface area (Å²) in [4.78, 5) is 26.8. The third-order valence-electron chi connectivity index (χ3n) is 4.79. The molecule has 0 bridgehead atoms. The number of primary amides is 1. The highest BCUT2D eigenvalue weighted by molar-refractivity contribution is 7.12. The van der Waals surface area contributed by atoms with E-state index in [1.165, 1.54) is 11.3 Å². The number of nitrogens with two attached hydrogens (primary N) is 1. The van der Waals surface area contributed by atoms with Crippen molar-refractivity contribution in [2.75, 3.05) is 6.54 Å². The molecule has 6 nitrogen and oxygen atoms in total. The molecule has 0 spiro atoms. The number of carbonyl (C=O) groups excluding carboxylic acids is 2. The number of thiophene rings is 1. The first-order valence-corrected chi connectivity index (χ1v) is 9.64. The molecular formula is C20H19N3O3S. The Kier molecular flexibility index (Phi) is 4.53. The van der Waals surface area contributed by atoms with Crippen molar-refractivity contribution >= 4 is 23.2 Å². The van der Waals surface area contributed by atoms with Crippen LogP contribution in [0.4, 0.5) is 0 Å². The van der Waals surface area contributed by atoms with Crippen LogP contribution in [-0.4, -0.2) is 28.4 Å². The average molecular weight is 381 g/mol. The minimum atomic E-state index is -0.443. The van der Waals surface area contributed by atoms with Gasteiger partial charge in [0.1, 0.15) is 11.5 Å². The van der Waals surface area contributed by atoms with Crippen molar-refractivity contribution in [2.24, 2.45) is 5.73 Å². The third-order valence-corrected chi connectivity index (χ3v) is 5.73. The van der Waals surface area contributed by atoms with Crippen LogP contribution >= 0.6 is 11.3 Å². The Morgan fingerprint density at radius 2 is 2.11 bits per heavy atom. The number of aromatic nitrogens is 1. The first kappa shape index (κ1) is 17.5. The molecule has 1 aliphatic heterocycles. The summed E-state index contributed by atoms with van der Waals surface area (Å²) in [5.74, 6) is 0.278. The Hall–Kier alpha value is -2.93. The number of aryl methyl sites for hydroxylation is 1. The monoisotopic (exact) mass is 381 g/mol. The summed E-state index contributed by atoms with van der Waals surface area (Å²) >= 11 is 1.30. The van der Waals surface area contributed by atoms with Gasteiger partial charge in [0.2, 0.25) is 0 Å². The summed E-state index contributed by atoms with van der Waals surface area (Å²) in [6.07, 6.45) is 1.82. The topological polar surface area (TPSA) is 89.4 Å². The van der Waals surface area contributed by atoms with Gasteiger partial charge in [-0.25, -0.2) is 0 Å². The van der Waals surface area contributed by atoms with Crippen molar-refractivity contribution < 1.29 is 14.1 Å². The van der Waals surface area contributed by atoms with Crippen LogP contribution < -0.4 is 5.73 Å². The van der Waals surface area contributed by atoms with Crippen molar-refractivity contribution in [3.63, 3.8) is 0 Å². The summed E-state index contributed by atoms with van der Waals surface area (Å²) in [6.45, 7) is 2.55. The van der Waals surface area contributed by atoms with Gasteiger partial charge in [-0.05, 0) is 54.5 Å². The Morgan fingerprint density at radius 1 is 1.26 bits per heavy atom. The Labute approximate surface area is 160 Å². The number of hydrogen-bond acceptors (Lipinski definition) is 5. The molecular weight excluding hydrogens is 362 g/mol. The second kappa shape index (κ2) is 7.00. The van der Waals surface area contributed by atoms with Crippen LogP contribution in [0, 0.1) is 6.92 Å². The number of likely N-dealkylation sites (tertiary alicyclic amines) is 1. The largest absolute Gasteiger partial charge is 0.365 e. The van der Waals surface area contributed by atoms with Crippen LogP contribution in [0.15, 0.2) is 46.3 Å². The maximum absolute atomic E-state index is 13.1. The average Bonchev–Trinajstić information content (AvgIpc) is 3.41. The highest BCUT2D eigenvalue weighted by Crippen LogP contribution is 2.33. The van der Waals surface area contributed by atoms with Gasteiger partial charge in [-0.3, -0.25) is 9.59 Å². The molecule has 4 rings (SSSR count). The van der Waals surface area contributed by atoms with Crippen LogP contribution in [0.3, 0.4) is 0 Å². The first-order chi connectivity index (χ1) is 13.0. The lowest BCUT2D eigenvalue weighted by atomic mass is 10.0. The Bertz CT molecular complexity index is 1010. The second-order valence-electron chi connectivity index (χ2n) is 6.66. The fourth-order valence-corrected chi connectivity index (χ4v) is 4.24. The van der Waals surface area contributed by atoms with Crippen molar-refractivity contribution in [3.05, 3.63) is 63.7 Å². The summed E-state index contributed by atoms with van der Waals surface area (Å²) in [7, 11) is 0. The van der Waals surface area contributed by atoms with Gasteiger partial charge in [-0.15, -0.1) is 11.3 Å². The number of rotatable bonds is 4. The summed E-state index contributed by atoms with van der Waals surface area (Å²) in [5.41, 5.74) is 8.53. The Balaban J connectivity index is 1.61. The molecule has 0 unspecified atom stereocenters. The van der Waals surface area contributed by atoms with Crippen molar-refractivity contribution in [2.45, 2.75) is 25.8 Å². The minimum Gasteiger partial charge on any atom is -0.365 e. The lowest BCUT2D eigenvalue weighted by molar-refractivity contribution is 0.0730. The molecule has 27 heavy (non-hydrogen) atoms. The van der Waals surface area contributed by atoms with E-state index in [1.807, 2.05) is 47.5 Å². The van der Waals surface area contributed by atoms with E-state index in [2.05, 4.69) is 5.16 Å². The molecule has 7 heteroatoms. The molecule has 1 aliphatic rings. The van der Waals surface area contributed by atoms with Gasteiger partial charge in [0.05, 0.1) is 10.9 Å². The summed E-state index contributed by atoms with van der Waals surface area (Å²) < 4.78 is 5.18. The zero-order valence-corrected chi connectivity index (χ0v) is 15.7. The zero-order valence-electron chi connectivity index (χ0n) is 14.8. The smallest absolute Gasteiger partial charge is 0.258 e. The van der Waals surface area contributed by atoms with E-state index >= 15 is 0 Å². The fraction of sp³-hybridized carbons (Fsp3) is 0.250. The van der Waals surface area contributed by atoms with E-state index in [1.54, 1.807) is 6.07 Å². The number of carbonyl (C=O) groups is 2. The SMILES string of the molecule is Cc1cc([C@H]2CCCN2C(=O)c2cccc(-c3csc(C(N)=O)c3)c2)no1. The molecule has 1 atom stereocenters. The zero-order chi connectivity index (χ0) is 19.0. The van der Waals surface area contributed by atoms with Crippen molar-refractivity contribution in [1.82, 2.24) is 10.1 Å². The van der Waals surface area contributed by atoms with Gasteiger partial charge < -0.3 is 15.2 Å². The van der Waals surface area contributed by atoms with Crippen molar-refractivity contribution in [1.29, 1.82) is 0 Å². The third kappa shape index (κ3) is 3.38. The molecule has 0 saturated carbocycles. The van der Waals surface area contributed by atoms with Gasteiger partial charge in [0.25, 0.3) is 11.8 Å². The van der Waals surface area contributed by atoms with Crippen LogP contribution in [-0.2, 0) is 0 Å². The van der Waals surface area contributed by atoms with Crippen LogP contribution in [0.1, 0.15) is 50.4 Å². The molecule has 2 N–H and O–H groups in total. The van der Waals surface area contributed by atoms with E-state index < -0.39 is 5.91 Å². The van der Waals surface area contributed by atoms with E-state index in [9.17, 15) is 9.59 Å². The fourth-order valence-electron chi connectivity index (χ4n) is 3.47. The number of hydrogen-bond donors (Lipinski definition) is 1. The van der Waals surface area contributed by atoms with Gasteiger partial charge in [0.15, 0.2) is 0 Å². The maximum Gasteiger partial charge on any atom is 0.258 e. The first-order valence-electron chi connectivity index (χ1n) is 8.76. The second-order valence-corrected chi connectivity index (χ2v) is 7.57. The maximum atomic E-state index is 13.1. The highest BCUT2D eigenvalue weighted by Gasteiger charge is 2.32. The van der Waals surface area contributed by atoms with E-state index in [0.717, 1.165) is 35.4 Å². The lowest BCUT2D eigenvalue weighted by Gasteiger charge is -2.23. The van der Waals surface area contributed by atoms with E-state index in [-0.39, 0.29) is 11.9 Å². The highest BCUT2D eigenvalue weighted by atomic mass is 32.1. The van der Waals surface area contributed by atoms with Crippen LogP contribution in [0.25, 0.3) is 11.1 Å². The predicted octanol–water partition coefficient (Wildman–Crippen LogP) is 3.79. The Morgan fingerprint density at radius 3 is 2.81 bits per heavy atom. The standard InChI is InChI=1S/C20H19N3O3S/c1-12-8-16(22-26-12)17-6-3-7-23(17)20(25)14-5-2-4-13(9-14)15-10-18(19(21)24)27-11-15/h2,4-5,8-11,17H,3,6-7H2,1H3,(H2,21,24)/t17-/m1/s1. The molecule has 138 valence electrons. The number of amides is 2. The quantitative estimate of drug-likeness (QED) is 0.744. The van der Waals surface area contributed by atoms with Gasteiger partial charge in [0, 0.05) is 18.2 Å². The molecule has 2 amide bonds. The van der Waals surface area contributed by atoms with E-state index in [0.29, 0.717) is 17.0 Å². The molecule has 1 fully saturated rings. The van der Waals surface area contributed by atoms with Gasteiger partial charge in [-0.2, -0.15) is 0 Å². The van der Waals surface area contributed by atoms with Gasteiger partial charge >= 0.3 is 0 Å². The van der Waals surface area contributed by atoms with E-state index in [4.69, 9.17) is 10.3 Å². The molecule has 2 aromatic heterocycles. The predicted molar refractivity (Wildman–Crippen MR) is 103 cm³/mol. The number of nitrogens with zero attached hydrogens (tertiary/aromatic N) is 2. The van der Waals surface area contributed by atoms with Crippen LogP contribution in [0.5, 0.6) is 0 Å². The van der Waals surface area contributed by atoms with Crippen molar-refractivity contribution in [3.8, 4) is 11.1 Å². The molecule has 0 aliphatic carbocycles.